The minimum atomic E-state index is -0.458. The van der Waals surface area contributed by atoms with Crippen LogP contribution < -0.4 is 5.32 Å². The second kappa shape index (κ2) is 6.29. The molecule has 0 radical (unpaired) electrons. The van der Waals surface area contributed by atoms with Gasteiger partial charge in [-0.2, -0.15) is 0 Å². The van der Waals surface area contributed by atoms with E-state index in [1.54, 1.807) is 6.92 Å². The molecule has 0 amide bonds. The molecule has 1 unspecified atom stereocenters. The molecule has 2 rings (SSSR count). The van der Waals surface area contributed by atoms with Gasteiger partial charge in [0.15, 0.2) is 0 Å². The molecule has 1 N–H and O–H groups in total. The zero-order chi connectivity index (χ0) is 13.8. The lowest BCUT2D eigenvalue weighted by atomic mass is 9.88. The van der Waals surface area contributed by atoms with Crippen LogP contribution in [-0.2, 0) is 0 Å². The van der Waals surface area contributed by atoms with Crippen molar-refractivity contribution in [2.75, 3.05) is 6.54 Å². The number of likely N-dealkylation sites (N-methyl/N-ethyl adjacent to an activating group) is 1. The van der Waals surface area contributed by atoms with Crippen LogP contribution in [0.25, 0.3) is 0 Å². The summed E-state index contributed by atoms with van der Waals surface area (Å²) in [6.45, 7) is 4.33. The zero-order valence-electron chi connectivity index (χ0n) is 11.6. The molecule has 0 bridgehead atoms. The fourth-order valence-corrected chi connectivity index (χ4v) is 2.69. The number of aryl methyl sites for hydroxylation is 1. The number of rotatable bonds is 4. The number of hydrogen-bond donors (Lipinski definition) is 1. The average molecular weight is 265 g/mol. The monoisotopic (exact) mass is 265 g/mol. The predicted octanol–water partition coefficient (Wildman–Crippen LogP) is 4.42. The van der Waals surface area contributed by atoms with E-state index in [4.69, 9.17) is 0 Å². The second-order valence-electron chi connectivity index (χ2n) is 5.11. The van der Waals surface area contributed by atoms with E-state index in [0.29, 0.717) is 12.1 Å². The first-order valence-corrected chi connectivity index (χ1v) is 7.02. The fourth-order valence-electron chi connectivity index (χ4n) is 2.69. The van der Waals surface area contributed by atoms with Crippen molar-refractivity contribution in [2.45, 2.75) is 45.6 Å². The quantitative estimate of drug-likeness (QED) is 0.794. The molecule has 1 atom stereocenters. The van der Waals surface area contributed by atoms with Gasteiger partial charge in [-0.1, -0.05) is 24.6 Å². The van der Waals surface area contributed by atoms with Crippen LogP contribution in [0.1, 0.15) is 49.8 Å². The van der Waals surface area contributed by atoms with E-state index in [0.717, 1.165) is 24.8 Å². The number of benzene rings is 1. The molecule has 1 aromatic carbocycles. The summed E-state index contributed by atoms with van der Waals surface area (Å²) in [6, 6.07) is 2.53. The van der Waals surface area contributed by atoms with Crippen LogP contribution in [0.3, 0.4) is 0 Å². The van der Waals surface area contributed by atoms with E-state index in [2.05, 4.69) is 11.4 Å². The first-order valence-electron chi connectivity index (χ1n) is 7.02. The standard InChI is InChI=1S/C16H21F2N/c1-3-19-16(12-7-5-4-6-8-12)14-13(17)10-9-11(2)15(14)18/h7,9-10,16,19H,3-6,8H2,1-2H3. The Morgan fingerprint density at radius 1 is 1.26 bits per heavy atom. The van der Waals surface area contributed by atoms with Crippen LogP contribution in [0.15, 0.2) is 23.8 Å². The van der Waals surface area contributed by atoms with Gasteiger partial charge in [0, 0.05) is 5.56 Å². The lowest BCUT2D eigenvalue weighted by Gasteiger charge is -2.25. The van der Waals surface area contributed by atoms with Crippen LogP contribution in [0, 0.1) is 18.6 Å². The highest BCUT2D eigenvalue weighted by atomic mass is 19.1. The van der Waals surface area contributed by atoms with Crippen molar-refractivity contribution in [3.05, 3.63) is 46.5 Å². The molecular formula is C16H21F2N. The van der Waals surface area contributed by atoms with Crippen LogP contribution in [0.2, 0.25) is 0 Å². The van der Waals surface area contributed by atoms with Gasteiger partial charge in [-0.3, -0.25) is 0 Å². The first-order chi connectivity index (χ1) is 9.15. The van der Waals surface area contributed by atoms with E-state index < -0.39 is 11.6 Å². The zero-order valence-corrected chi connectivity index (χ0v) is 11.6. The molecule has 0 aliphatic heterocycles. The van der Waals surface area contributed by atoms with E-state index in [1.807, 2.05) is 6.92 Å². The van der Waals surface area contributed by atoms with Gasteiger partial charge < -0.3 is 5.32 Å². The van der Waals surface area contributed by atoms with Gasteiger partial charge in [-0.15, -0.1) is 0 Å². The number of allylic oxidation sites excluding steroid dienone is 1. The van der Waals surface area contributed by atoms with Crippen LogP contribution in [-0.4, -0.2) is 6.54 Å². The first kappa shape index (κ1) is 14.2. The van der Waals surface area contributed by atoms with Gasteiger partial charge in [0.1, 0.15) is 11.6 Å². The summed E-state index contributed by atoms with van der Waals surface area (Å²) in [5, 5.41) is 3.23. The van der Waals surface area contributed by atoms with Gasteiger partial charge >= 0.3 is 0 Å². The van der Waals surface area contributed by atoms with Crippen molar-refractivity contribution >= 4 is 0 Å². The van der Waals surface area contributed by atoms with E-state index in [9.17, 15) is 8.78 Å². The number of nitrogens with one attached hydrogen (secondary N) is 1. The van der Waals surface area contributed by atoms with Crippen LogP contribution in [0.4, 0.5) is 8.78 Å². The summed E-state index contributed by atoms with van der Waals surface area (Å²) >= 11 is 0. The Hall–Kier alpha value is -1.22. The Balaban J connectivity index is 2.44. The second-order valence-corrected chi connectivity index (χ2v) is 5.11. The van der Waals surface area contributed by atoms with E-state index >= 15 is 0 Å². The number of hydrogen-bond acceptors (Lipinski definition) is 1. The molecule has 0 saturated heterocycles. The van der Waals surface area contributed by atoms with E-state index in [1.165, 1.54) is 18.6 Å². The highest BCUT2D eigenvalue weighted by Gasteiger charge is 2.24. The topological polar surface area (TPSA) is 12.0 Å². The lowest BCUT2D eigenvalue weighted by molar-refractivity contribution is 0.487. The van der Waals surface area contributed by atoms with E-state index in [-0.39, 0.29) is 11.6 Å². The molecule has 1 aromatic rings. The van der Waals surface area contributed by atoms with Gasteiger partial charge in [0.25, 0.3) is 0 Å². The maximum atomic E-state index is 14.3. The smallest absolute Gasteiger partial charge is 0.134 e. The van der Waals surface area contributed by atoms with Gasteiger partial charge in [-0.25, -0.2) is 8.78 Å². The third-order valence-corrected chi connectivity index (χ3v) is 3.71. The Bertz CT molecular complexity index is 480. The van der Waals surface area contributed by atoms with Crippen molar-refractivity contribution < 1.29 is 8.78 Å². The SMILES string of the molecule is CCNC(C1=CCCCC1)c1c(F)ccc(C)c1F. The third-order valence-electron chi connectivity index (χ3n) is 3.71. The Morgan fingerprint density at radius 2 is 2.05 bits per heavy atom. The van der Waals surface area contributed by atoms with Gasteiger partial charge in [-0.05, 0) is 50.8 Å². The highest BCUT2D eigenvalue weighted by Crippen LogP contribution is 2.33. The Morgan fingerprint density at radius 3 is 2.68 bits per heavy atom. The maximum absolute atomic E-state index is 14.3. The molecule has 19 heavy (non-hydrogen) atoms. The minimum absolute atomic E-state index is 0.176. The van der Waals surface area contributed by atoms with Gasteiger partial charge in [0.2, 0.25) is 0 Å². The molecular weight excluding hydrogens is 244 g/mol. The largest absolute Gasteiger partial charge is 0.307 e. The minimum Gasteiger partial charge on any atom is -0.307 e. The molecule has 1 aliphatic carbocycles. The predicted molar refractivity (Wildman–Crippen MR) is 74.1 cm³/mol. The molecule has 0 heterocycles. The molecule has 3 heteroatoms. The van der Waals surface area contributed by atoms with Crippen molar-refractivity contribution in [1.82, 2.24) is 5.32 Å². The van der Waals surface area contributed by atoms with Crippen molar-refractivity contribution in [3.63, 3.8) is 0 Å². The third kappa shape index (κ3) is 3.03. The highest BCUT2D eigenvalue weighted by molar-refractivity contribution is 5.35. The molecule has 104 valence electrons. The van der Waals surface area contributed by atoms with Crippen molar-refractivity contribution in [3.8, 4) is 0 Å². The summed E-state index contributed by atoms with van der Waals surface area (Å²) in [4.78, 5) is 0. The summed E-state index contributed by atoms with van der Waals surface area (Å²) in [5.74, 6) is -0.877. The number of halogens is 2. The fraction of sp³-hybridized carbons (Fsp3) is 0.500. The maximum Gasteiger partial charge on any atom is 0.134 e. The molecule has 1 nitrogen and oxygen atoms in total. The van der Waals surface area contributed by atoms with Crippen molar-refractivity contribution in [1.29, 1.82) is 0 Å². The van der Waals surface area contributed by atoms with Gasteiger partial charge in [0.05, 0.1) is 6.04 Å². The Labute approximate surface area is 113 Å². The summed E-state index contributed by atoms with van der Waals surface area (Å²) in [6.07, 6.45) is 6.33. The van der Waals surface area contributed by atoms with Crippen LogP contribution >= 0.6 is 0 Å². The molecule has 0 spiro atoms. The summed E-state index contributed by atoms with van der Waals surface area (Å²) < 4.78 is 28.3. The Kier molecular flexibility index (Phi) is 4.70. The molecule has 0 saturated carbocycles. The molecule has 1 aliphatic rings. The summed E-state index contributed by atoms with van der Waals surface area (Å²) in [7, 11) is 0. The summed E-state index contributed by atoms with van der Waals surface area (Å²) in [5.41, 5.74) is 1.79. The average Bonchev–Trinajstić information content (AvgIpc) is 2.43. The van der Waals surface area contributed by atoms with Crippen molar-refractivity contribution in [2.24, 2.45) is 0 Å². The lowest BCUT2D eigenvalue weighted by Crippen LogP contribution is -2.26. The molecule has 0 aromatic heterocycles. The normalized spacial score (nSPS) is 17.2. The van der Waals surface area contributed by atoms with Crippen LogP contribution in [0.5, 0.6) is 0 Å². The molecule has 0 fully saturated rings.